The van der Waals surface area contributed by atoms with Gasteiger partial charge in [-0.05, 0) is 31.5 Å². The molecule has 1 amide bonds. The van der Waals surface area contributed by atoms with Gasteiger partial charge < -0.3 is 16.2 Å². The van der Waals surface area contributed by atoms with Crippen LogP contribution >= 0.6 is 0 Å². The number of aromatic carboxylic acids is 1. The number of halogens is 1. The zero-order chi connectivity index (χ0) is 14.6. The molecule has 0 unspecified atom stereocenters. The fraction of sp³-hybridized carbons (Fsp3) is 0.385. The molecule has 0 radical (unpaired) electrons. The van der Waals surface area contributed by atoms with Crippen LogP contribution in [0.5, 0.6) is 0 Å². The molecule has 0 spiro atoms. The predicted octanol–water partition coefficient (Wildman–Crippen LogP) is 1.12. The minimum Gasteiger partial charge on any atom is -0.478 e. The summed E-state index contributed by atoms with van der Waals surface area (Å²) in [6.07, 6.45) is 0. The van der Waals surface area contributed by atoms with Gasteiger partial charge >= 0.3 is 5.97 Å². The third-order valence-electron chi connectivity index (χ3n) is 2.83. The van der Waals surface area contributed by atoms with Gasteiger partial charge in [0.2, 0.25) is 5.91 Å². The van der Waals surface area contributed by atoms with E-state index in [4.69, 9.17) is 10.8 Å². The van der Waals surface area contributed by atoms with E-state index in [1.165, 1.54) is 12.1 Å². The van der Waals surface area contributed by atoms with Gasteiger partial charge in [0, 0.05) is 13.1 Å². The van der Waals surface area contributed by atoms with E-state index in [9.17, 15) is 14.0 Å². The second-order valence-corrected chi connectivity index (χ2v) is 4.97. The Labute approximate surface area is 110 Å². The lowest BCUT2D eigenvalue weighted by Gasteiger charge is -2.20. The molecule has 1 rings (SSSR count). The highest BCUT2D eigenvalue weighted by atomic mass is 19.1. The molecule has 0 aliphatic heterocycles. The number of rotatable bonds is 6. The highest BCUT2D eigenvalue weighted by Crippen LogP contribution is 2.13. The molecule has 0 atom stereocenters. The van der Waals surface area contributed by atoms with Crippen LogP contribution in [0.3, 0.4) is 0 Å². The molecule has 0 saturated carbocycles. The van der Waals surface area contributed by atoms with Gasteiger partial charge in [-0.3, -0.25) is 4.79 Å². The predicted molar refractivity (Wildman–Crippen MR) is 68.0 cm³/mol. The maximum Gasteiger partial charge on any atom is 0.338 e. The minimum absolute atomic E-state index is 0.327. The van der Waals surface area contributed by atoms with Crippen molar-refractivity contribution in [3.8, 4) is 0 Å². The molecule has 104 valence electrons. The van der Waals surface area contributed by atoms with Crippen LogP contribution in [0.4, 0.5) is 4.39 Å². The van der Waals surface area contributed by atoms with Crippen molar-refractivity contribution in [2.24, 2.45) is 11.1 Å². The fourth-order valence-corrected chi connectivity index (χ4v) is 1.45. The second kappa shape index (κ2) is 5.79. The van der Waals surface area contributed by atoms with Crippen molar-refractivity contribution in [2.75, 3.05) is 6.54 Å². The van der Waals surface area contributed by atoms with Crippen molar-refractivity contribution >= 4 is 11.9 Å². The highest BCUT2D eigenvalue weighted by Gasteiger charge is 2.24. The molecule has 1 aromatic carbocycles. The number of carboxylic acids is 1. The number of amides is 1. The van der Waals surface area contributed by atoms with E-state index in [2.05, 4.69) is 5.32 Å². The van der Waals surface area contributed by atoms with E-state index in [0.29, 0.717) is 18.7 Å². The van der Waals surface area contributed by atoms with Crippen LogP contribution in [0.25, 0.3) is 0 Å². The van der Waals surface area contributed by atoms with Crippen LogP contribution in [0.15, 0.2) is 18.2 Å². The second-order valence-electron chi connectivity index (χ2n) is 4.97. The maximum atomic E-state index is 13.4. The normalized spacial score (nSPS) is 11.3. The molecular formula is C13H17FN2O3. The standard InChI is InChI=1S/C13H17FN2O3/c1-13(2,12(15)19)7-16-6-8-3-4-9(11(17)18)10(14)5-8/h3-5,16H,6-7H2,1-2H3,(H2,15,19)(H,17,18). The number of nitrogens with one attached hydrogen (secondary N) is 1. The van der Waals surface area contributed by atoms with Gasteiger partial charge in [0.15, 0.2) is 0 Å². The number of carbonyl (C=O) groups excluding carboxylic acids is 1. The first-order valence-corrected chi connectivity index (χ1v) is 5.76. The van der Waals surface area contributed by atoms with E-state index in [1.807, 2.05) is 0 Å². The monoisotopic (exact) mass is 268 g/mol. The topological polar surface area (TPSA) is 92.4 Å². The average Bonchev–Trinajstić information content (AvgIpc) is 2.28. The molecule has 5 nitrogen and oxygen atoms in total. The quantitative estimate of drug-likeness (QED) is 0.721. The maximum absolute atomic E-state index is 13.4. The Hall–Kier alpha value is -1.95. The van der Waals surface area contributed by atoms with E-state index in [1.54, 1.807) is 13.8 Å². The third kappa shape index (κ3) is 4.03. The molecule has 0 fully saturated rings. The molecule has 6 heteroatoms. The van der Waals surface area contributed by atoms with Gasteiger partial charge in [-0.2, -0.15) is 0 Å². The van der Waals surface area contributed by atoms with Crippen LogP contribution in [-0.2, 0) is 11.3 Å². The summed E-state index contributed by atoms with van der Waals surface area (Å²) in [5.74, 6) is -2.50. The van der Waals surface area contributed by atoms with E-state index >= 15 is 0 Å². The van der Waals surface area contributed by atoms with Crippen LogP contribution in [-0.4, -0.2) is 23.5 Å². The molecule has 0 aliphatic carbocycles. The van der Waals surface area contributed by atoms with Crippen LogP contribution in [0, 0.1) is 11.2 Å². The molecular weight excluding hydrogens is 251 g/mol. The van der Waals surface area contributed by atoms with Crippen molar-refractivity contribution in [1.29, 1.82) is 0 Å². The number of carbonyl (C=O) groups is 2. The van der Waals surface area contributed by atoms with Crippen LogP contribution in [0.2, 0.25) is 0 Å². The Morgan fingerprint density at radius 1 is 1.42 bits per heavy atom. The number of carboxylic acid groups (broad SMARTS) is 1. The molecule has 0 heterocycles. The Morgan fingerprint density at radius 2 is 2.05 bits per heavy atom. The van der Waals surface area contributed by atoms with Gasteiger partial charge in [-0.25, -0.2) is 9.18 Å². The summed E-state index contributed by atoms with van der Waals surface area (Å²) in [5.41, 5.74) is 4.77. The Balaban J connectivity index is 2.63. The van der Waals surface area contributed by atoms with Gasteiger partial charge in [0.25, 0.3) is 0 Å². The van der Waals surface area contributed by atoms with Gasteiger partial charge in [-0.1, -0.05) is 6.07 Å². The SMILES string of the molecule is CC(C)(CNCc1ccc(C(=O)O)c(F)c1)C(N)=O. The lowest BCUT2D eigenvalue weighted by atomic mass is 9.93. The van der Waals surface area contributed by atoms with Crippen LogP contribution < -0.4 is 11.1 Å². The number of primary amides is 1. The van der Waals surface area contributed by atoms with E-state index in [0.717, 1.165) is 6.07 Å². The third-order valence-corrected chi connectivity index (χ3v) is 2.83. The Kier molecular flexibility index (Phi) is 4.61. The summed E-state index contributed by atoms with van der Waals surface area (Å²) in [5, 5.41) is 11.7. The van der Waals surface area contributed by atoms with Gasteiger partial charge in [-0.15, -0.1) is 0 Å². The Bertz CT molecular complexity index is 501. The van der Waals surface area contributed by atoms with Crippen molar-refractivity contribution in [3.63, 3.8) is 0 Å². The summed E-state index contributed by atoms with van der Waals surface area (Å²) in [7, 11) is 0. The Morgan fingerprint density at radius 3 is 2.53 bits per heavy atom. The summed E-state index contributed by atoms with van der Waals surface area (Å²) < 4.78 is 13.4. The number of benzene rings is 1. The summed E-state index contributed by atoms with van der Waals surface area (Å²) in [6.45, 7) is 4.09. The fourth-order valence-electron chi connectivity index (χ4n) is 1.45. The van der Waals surface area contributed by atoms with Crippen LogP contribution in [0.1, 0.15) is 29.8 Å². The zero-order valence-corrected chi connectivity index (χ0v) is 10.9. The van der Waals surface area contributed by atoms with Crippen molar-refractivity contribution in [1.82, 2.24) is 5.32 Å². The summed E-state index contributed by atoms with van der Waals surface area (Å²) in [4.78, 5) is 21.7. The molecule has 0 aliphatic rings. The first-order chi connectivity index (χ1) is 8.74. The molecule has 1 aromatic rings. The van der Waals surface area contributed by atoms with Crippen molar-refractivity contribution < 1.29 is 19.1 Å². The number of hydrogen-bond donors (Lipinski definition) is 3. The van der Waals surface area contributed by atoms with Gasteiger partial charge in [0.05, 0.1) is 11.0 Å². The lowest BCUT2D eigenvalue weighted by molar-refractivity contribution is -0.125. The van der Waals surface area contributed by atoms with Gasteiger partial charge in [0.1, 0.15) is 5.82 Å². The number of nitrogens with two attached hydrogens (primary N) is 1. The minimum atomic E-state index is -1.30. The van der Waals surface area contributed by atoms with Crippen molar-refractivity contribution in [3.05, 3.63) is 35.1 Å². The molecule has 0 saturated heterocycles. The number of hydrogen-bond acceptors (Lipinski definition) is 3. The molecule has 0 bridgehead atoms. The highest BCUT2D eigenvalue weighted by molar-refractivity contribution is 5.87. The zero-order valence-electron chi connectivity index (χ0n) is 10.9. The lowest BCUT2D eigenvalue weighted by Crippen LogP contribution is -2.40. The first kappa shape index (κ1) is 15.1. The first-order valence-electron chi connectivity index (χ1n) is 5.76. The average molecular weight is 268 g/mol. The molecule has 19 heavy (non-hydrogen) atoms. The smallest absolute Gasteiger partial charge is 0.338 e. The summed E-state index contributed by atoms with van der Waals surface area (Å²) >= 11 is 0. The molecule has 4 N–H and O–H groups in total. The van der Waals surface area contributed by atoms with E-state index < -0.39 is 23.1 Å². The molecule has 0 aromatic heterocycles. The van der Waals surface area contributed by atoms with E-state index in [-0.39, 0.29) is 5.56 Å². The largest absolute Gasteiger partial charge is 0.478 e. The van der Waals surface area contributed by atoms with Crippen molar-refractivity contribution in [2.45, 2.75) is 20.4 Å². The summed E-state index contributed by atoms with van der Waals surface area (Å²) in [6, 6.07) is 3.90.